The molecule has 0 spiro atoms. The Morgan fingerprint density at radius 3 is 2.93 bits per heavy atom. The maximum absolute atomic E-state index is 10.2. The van der Waals surface area contributed by atoms with E-state index in [1.54, 1.807) is 18.2 Å². The highest BCUT2D eigenvalue weighted by Crippen LogP contribution is 2.28. The lowest BCUT2D eigenvalue weighted by molar-refractivity contribution is 0.0867. The molecule has 1 aromatic heterocycles. The summed E-state index contributed by atoms with van der Waals surface area (Å²) in [5.41, 5.74) is -0.514. The number of halogens is 1. The first kappa shape index (κ1) is 9.37. The van der Waals surface area contributed by atoms with Crippen molar-refractivity contribution in [1.29, 1.82) is 0 Å². The van der Waals surface area contributed by atoms with Crippen LogP contribution in [0.5, 0.6) is 0 Å². The topological polar surface area (TPSA) is 46.0 Å². The van der Waals surface area contributed by atoms with E-state index in [9.17, 15) is 5.11 Å². The van der Waals surface area contributed by atoms with Crippen molar-refractivity contribution in [3.8, 4) is 0 Å². The Balaban J connectivity index is 2.39. The minimum absolute atomic E-state index is 0.152. The standard InChI is InChI=1S/C10H9ClN2O/c11-9-12-7-4-8(13-9)10(14)5-2-1-3-6-10/h1-5,7,14H,6H2. The van der Waals surface area contributed by atoms with Crippen LogP contribution in [-0.2, 0) is 5.60 Å². The van der Waals surface area contributed by atoms with Crippen molar-refractivity contribution < 1.29 is 5.11 Å². The van der Waals surface area contributed by atoms with E-state index in [0.29, 0.717) is 12.1 Å². The van der Waals surface area contributed by atoms with Gasteiger partial charge in [-0.05, 0) is 23.7 Å². The number of allylic oxidation sites excluding steroid dienone is 2. The lowest BCUT2D eigenvalue weighted by atomic mass is 9.92. The molecule has 0 saturated heterocycles. The average Bonchev–Trinajstić information content (AvgIpc) is 2.19. The molecule has 0 saturated carbocycles. The van der Waals surface area contributed by atoms with Crippen LogP contribution in [0, 0.1) is 0 Å². The maximum atomic E-state index is 10.2. The predicted octanol–water partition coefficient (Wildman–Crippen LogP) is 1.83. The molecule has 0 amide bonds. The maximum Gasteiger partial charge on any atom is 0.222 e. The van der Waals surface area contributed by atoms with Crippen LogP contribution in [0.2, 0.25) is 5.28 Å². The molecule has 1 aromatic rings. The minimum atomic E-state index is -1.04. The van der Waals surface area contributed by atoms with Gasteiger partial charge in [-0.2, -0.15) is 0 Å². The van der Waals surface area contributed by atoms with Crippen LogP contribution in [0.25, 0.3) is 0 Å². The zero-order valence-corrected chi connectivity index (χ0v) is 8.15. The van der Waals surface area contributed by atoms with Crippen molar-refractivity contribution in [2.24, 2.45) is 0 Å². The molecular weight excluding hydrogens is 200 g/mol. The van der Waals surface area contributed by atoms with E-state index in [2.05, 4.69) is 9.97 Å². The molecule has 72 valence electrons. The van der Waals surface area contributed by atoms with Crippen LogP contribution < -0.4 is 0 Å². The molecule has 1 atom stereocenters. The van der Waals surface area contributed by atoms with Crippen molar-refractivity contribution in [3.05, 3.63) is 47.5 Å². The highest BCUT2D eigenvalue weighted by molar-refractivity contribution is 6.28. The Morgan fingerprint density at radius 2 is 2.29 bits per heavy atom. The monoisotopic (exact) mass is 208 g/mol. The van der Waals surface area contributed by atoms with Crippen LogP contribution in [0.15, 0.2) is 36.6 Å². The van der Waals surface area contributed by atoms with Gasteiger partial charge in [-0.3, -0.25) is 0 Å². The molecule has 3 nitrogen and oxygen atoms in total. The molecule has 0 radical (unpaired) electrons. The van der Waals surface area contributed by atoms with Crippen molar-refractivity contribution in [1.82, 2.24) is 9.97 Å². The first-order valence-corrected chi connectivity index (χ1v) is 4.64. The van der Waals surface area contributed by atoms with Crippen molar-refractivity contribution >= 4 is 11.6 Å². The summed E-state index contributed by atoms with van der Waals surface area (Å²) in [6.45, 7) is 0. The van der Waals surface area contributed by atoms with Crippen molar-refractivity contribution in [2.45, 2.75) is 12.0 Å². The van der Waals surface area contributed by atoms with E-state index in [4.69, 9.17) is 11.6 Å². The molecule has 0 fully saturated rings. The fraction of sp³-hybridized carbons (Fsp3) is 0.200. The summed E-state index contributed by atoms with van der Waals surface area (Å²) < 4.78 is 0. The van der Waals surface area contributed by atoms with Gasteiger partial charge in [-0.25, -0.2) is 9.97 Å². The van der Waals surface area contributed by atoms with Crippen LogP contribution in [0.4, 0.5) is 0 Å². The smallest absolute Gasteiger partial charge is 0.222 e. The molecule has 0 aliphatic heterocycles. The summed E-state index contributed by atoms with van der Waals surface area (Å²) in [6.07, 6.45) is 9.31. The summed E-state index contributed by atoms with van der Waals surface area (Å²) in [7, 11) is 0. The molecule has 0 aromatic carbocycles. The van der Waals surface area contributed by atoms with Crippen molar-refractivity contribution in [2.75, 3.05) is 0 Å². The van der Waals surface area contributed by atoms with E-state index in [0.717, 1.165) is 0 Å². The van der Waals surface area contributed by atoms with E-state index in [1.807, 2.05) is 12.2 Å². The third-order valence-electron chi connectivity index (χ3n) is 2.12. The molecule has 14 heavy (non-hydrogen) atoms. The molecule has 2 rings (SSSR count). The summed E-state index contributed by atoms with van der Waals surface area (Å²) in [6, 6.07) is 1.66. The Bertz CT molecular complexity index is 403. The van der Waals surface area contributed by atoms with Gasteiger partial charge in [-0.15, -0.1) is 0 Å². The Kier molecular flexibility index (Phi) is 2.35. The number of aliphatic hydroxyl groups is 1. The van der Waals surface area contributed by atoms with Gasteiger partial charge in [0.2, 0.25) is 5.28 Å². The largest absolute Gasteiger partial charge is 0.379 e. The lowest BCUT2D eigenvalue weighted by Gasteiger charge is -2.23. The van der Waals surface area contributed by atoms with Gasteiger partial charge in [0.15, 0.2) is 0 Å². The van der Waals surface area contributed by atoms with E-state index in [1.165, 1.54) is 6.20 Å². The molecule has 0 bridgehead atoms. The number of hydrogen-bond donors (Lipinski definition) is 1. The third-order valence-corrected chi connectivity index (χ3v) is 2.30. The normalized spacial score (nSPS) is 25.3. The van der Waals surface area contributed by atoms with Crippen LogP contribution in [0.3, 0.4) is 0 Å². The Hall–Kier alpha value is -1.19. The number of hydrogen-bond acceptors (Lipinski definition) is 3. The number of rotatable bonds is 1. The fourth-order valence-corrected chi connectivity index (χ4v) is 1.52. The van der Waals surface area contributed by atoms with Gasteiger partial charge in [0.05, 0.1) is 5.69 Å². The third kappa shape index (κ3) is 1.69. The predicted molar refractivity (Wildman–Crippen MR) is 53.8 cm³/mol. The van der Waals surface area contributed by atoms with E-state index in [-0.39, 0.29) is 5.28 Å². The first-order chi connectivity index (χ1) is 6.71. The molecule has 4 heteroatoms. The molecule has 1 aliphatic carbocycles. The highest BCUT2D eigenvalue weighted by atomic mass is 35.5. The van der Waals surface area contributed by atoms with E-state index >= 15 is 0 Å². The summed E-state index contributed by atoms with van der Waals surface area (Å²) >= 11 is 5.65. The molecule has 1 aliphatic rings. The van der Waals surface area contributed by atoms with Gasteiger partial charge in [-0.1, -0.05) is 18.2 Å². The van der Waals surface area contributed by atoms with Gasteiger partial charge in [0.25, 0.3) is 0 Å². The highest BCUT2D eigenvalue weighted by Gasteiger charge is 2.27. The lowest BCUT2D eigenvalue weighted by Crippen LogP contribution is -2.24. The zero-order valence-electron chi connectivity index (χ0n) is 7.39. The average molecular weight is 209 g/mol. The Labute approximate surface area is 86.8 Å². The first-order valence-electron chi connectivity index (χ1n) is 4.26. The van der Waals surface area contributed by atoms with Crippen LogP contribution in [0.1, 0.15) is 12.1 Å². The second-order valence-electron chi connectivity index (χ2n) is 3.13. The van der Waals surface area contributed by atoms with Crippen LogP contribution in [-0.4, -0.2) is 15.1 Å². The second-order valence-corrected chi connectivity index (χ2v) is 3.46. The fourth-order valence-electron chi connectivity index (χ4n) is 1.38. The Morgan fingerprint density at radius 1 is 1.43 bits per heavy atom. The van der Waals surface area contributed by atoms with Crippen molar-refractivity contribution in [3.63, 3.8) is 0 Å². The van der Waals surface area contributed by atoms with Gasteiger partial charge >= 0.3 is 0 Å². The molecule has 1 heterocycles. The minimum Gasteiger partial charge on any atom is -0.379 e. The summed E-state index contributed by atoms with van der Waals surface area (Å²) in [5.74, 6) is 0. The zero-order chi connectivity index (χ0) is 10.0. The molecular formula is C10H9ClN2O. The van der Waals surface area contributed by atoms with Gasteiger partial charge in [0, 0.05) is 12.6 Å². The molecule has 1 N–H and O–H groups in total. The quantitative estimate of drug-likeness (QED) is 0.717. The summed E-state index contributed by atoms with van der Waals surface area (Å²) in [4.78, 5) is 7.75. The second kappa shape index (κ2) is 3.52. The summed E-state index contributed by atoms with van der Waals surface area (Å²) in [5, 5.41) is 10.3. The van der Waals surface area contributed by atoms with Gasteiger partial charge < -0.3 is 5.11 Å². The SMILES string of the molecule is OC1(c2ccnc(Cl)n2)C=CC=CC1. The molecule has 1 unspecified atom stereocenters. The number of nitrogens with zero attached hydrogens (tertiary/aromatic N) is 2. The van der Waals surface area contributed by atoms with E-state index < -0.39 is 5.60 Å². The van der Waals surface area contributed by atoms with Crippen LogP contribution >= 0.6 is 11.6 Å². The number of aromatic nitrogens is 2. The van der Waals surface area contributed by atoms with Gasteiger partial charge in [0.1, 0.15) is 5.60 Å².